The maximum Gasteiger partial charge on any atom is 0.164 e. The van der Waals surface area contributed by atoms with Gasteiger partial charge in [-0.05, 0) is 63.2 Å². The van der Waals surface area contributed by atoms with Crippen LogP contribution < -0.4 is 0 Å². The number of rotatable bonds is 7. The minimum atomic E-state index is 0.560. The smallest absolute Gasteiger partial charge is 0.164 e. The predicted octanol–water partition coefficient (Wildman–Crippen LogP) is 12.2. The number of furan rings is 1. The van der Waals surface area contributed by atoms with Crippen LogP contribution in [0, 0.1) is 0 Å². The van der Waals surface area contributed by atoms with Crippen LogP contribution in [0.25, 0.3) is 101 Å². The Morgan fingerprint density at radius 1 is 0.327 bits per heavy atom. The predicted molar refractivity (Wildman–Crippen MR) is 221 cm³/mol. The Hall–Kier alpha value is -7.57. The van der Waals surface area contributed by atoms with E-state index in [0.29, 0.717) is 17.5 Å². The van der Waals surface area contributed by atoms with Crippen molar-refractivity contribution in [1.29, 1.82) is 0 Å². The lowest BCUT2D eigenvalue weighted by atomic mass is 9.96. The van der Waals surface area contributed by atoms with Crippen molar-refractivity contribution in [3.8, 4) is 78.7 Å². The molecule has 6 nitrogen and oxygen atoms in total. The summed E-state index contributed by atoms with van der Waals surface area (Å²) in [5.74, 6) is 1.72. The summed E-state index contributed by atoms with van der Waals surface area (Å²) < 4.78 is 6.54. The summed E-state index contributed by atoms with van der Waals surface area (Å²) in [5, 5.41) is 2.11. The molecule has 0 fully saturated rings. The monoisotopic (exact) mass is 705 g/mol. The average molecular weight is 706 g/mol. The first-order valence-corrected chi connectivity index (χ1v) is 18.1. The molecule has 0 atom stereocenters. The van der Waals surface area contributed by atoms with Gasteiger partial charge in [-0.3, -0.25) is 0 Å². The molecule has 258 valence electrons. The lowest BCUT2D eigenvalue weighted by Crippen LogP contribution is -2.00. The first-order valence-electron chi connectivity index (χ1n) is 18.1. The molecule has 0 aliphatic carbocycles. The van der Waals surface area contributed by atoms with Crippen LogP contribution >= 0.6 is 0 Å². The second kappa shape index (κ2) is 13.8. The van der Waals surface area contributed by atoms with Crippen molar-refractivity contribution < 1.29 is 4.42 Å². The molecule has 0 saturated carbocycles. The van der Waals surface area contributed by atoms with Crippen molar-refractivity contribution in [3.63, 3.8) is 0 Å². The highest BCUT2D eigenvalue weighted by molar-refractivity contribution is 6.13. The molecule has 6 heteroatoms. The van der Waals surface area contributed by atoms with Gasteiger partial charge < -0.3 is 4.42 Å². The first kappa shape index (κ1) is 32.1. The van der Waals surface area contributed by atoms with E-state index in [2.05, 4.69) is 107 Å². The van der Waals surface area contributed by atoms with E-state index in [9.17, 15) is 0 Å². The second-order valence-electron chi connectivity index (χ2n) is 13.4. The van der Waals surface area contributed by atoms with E-state index in [4.69, 9.17) is 19.4 Å². The fourth-order valence-corrected chi connectivity index (χ4v) is 7.17. The average Bonchev–Trinajstić information content (AvgIpc) is 3.66. The summed E-state index contributed by atoms with van der Waals surface area (Å²) >= 11 is 0. The number of fused-ring (bicyclic) bond motifs is 3. The zero-order chi connectivity index (χ0) is 36.6. The molecule has 0 bridgehead atoms. The molecule has 3 heterocycles. The molecule has 7 aromatic carbocycles. The fourth-order valence-electron chi connectivity index (χ4n) is 7.17. The summed E-state index contributed by atoms with van der Waals surface area (Å²) in [5.41, 5.74) is 13.0. The molecule has 0 saturated heterocycles. The number of benzene rings is 7. The van der Waals surface area contributed by atoms with E-state index < -0.39 is 0 Å². The molecule has 10 aromatic rings. The zero-order valence-corrected chi connectivity index (χ0v) is 29.5. The standard InChI is InChI=1S/C49H31N5O/c1-3-9-32(10-4-1)34-17-21-36(22-18-34)42-15-8-16-44-46(42)43-26-25-40(28-45(43)55-44)49-53-47(37-23-19-35(20-24-37)41-29-50-31-51-30-41)52-48(54-49)39-14-7-13-38(27-39)33-11-5-2-6-12-33/h1-31H. The third kappa shape index (κ3) is 6.22. The Morgan fingerprint density at radius 2 is 0.818 bits per heavy atom. The molecular weight excluding hydrogens is 675 g/mol. The maximum absolute atomic E-state index is 6.54. The van der Waals surface area contributed by atoms with Gasteiger partial charge in [-0.2, -0.15) is 0 Å². The van der Waals surface area contributed by atoms with Gasteiger partial charge in [0, 0.05) is 45.4 Å². The molecule has 10 rings (SSSR count). The van der Waals surface area contributed by atoms with Gasteiger partial charge in [-0.25, -0.2) is 24.9 Å². The molecule has 55 heavy (non-hydrogen) atoms. The number of aromatic nitrogens is 5. The largest absolute Gasteiger partial charge is 0.456 e. The highest BCUT2D eigenvalue weighted by atomic mass is 16.3. The van der Waals surface area contributed by atoms with E-state index in [1.54, 1.807) is 12.4 Å². The summed E-state index contributed by atoms with van der Waals surface area (Å²) in [6.45, 7) is 0. The van der Waals surface area contributed by atoms with Crippen molar-refractivity contribution in [2.45, 2.75) is 0 Å². The summed E-state index contributed by atoms with van der Waals surface area (Å²) in [7, 11) is 0. The van der Waals surface area contributed by atoms with Gasteiger partial charge in [0.25, 0.3) is 0 Å². The summed E-state index contributed by atoms with van der Waals surface area (Å²) in [6, 6.07) is 58.5. The van der Waals surface area contributed by atoms with E-state index in [1.807, 2.05) is 72.8 Å². The van der Waals surface area contributed by atoms with Crippen LogP contribution in [0.1, 0.15) is 0 Å². The SMILES string of the molecule is c1ccc(-c2ccc(-c3cccc4oc5cc(-c6nc(-c7ccc(-c8cncnc8)cc7)nc(-c7cccc(-c8ccccc8)c7)n6)ccc5c34)cc2)cc1. The van der Waals surface area contributed by atoms with Gasteiger partial charge in [-0.1, -0.05) is 146 Å². The van der Waals surface area contributed by atoms with Crippen LogP contribution in [0.5, 0.6) is 0 Å². The molecule has 0 spiro atoms. The van der Waals surface area contributed by atoms with Crippen LogP contribution in [0.15, 0.2) is 193 Å². The third-order valence-corrected chi connectivity index (χ3v) is 9.96. The Kier molecular flexibility index (Phi) is 8.04. The van der Waals surface area contributed by atoms with E-state index in [-0.39, 0.29) is 0 Å². The van der Waals surface area contributed by atoms with Crippen LogP contribution in [0.2, 0.25) is 0 Å². The normalized spacial score (nSPS) is 11.3. The topological polar surface area (TPSA) is 77.6 Å². The Morgan fingerprint density at radius 3 is 1.51 bits per heavy atom. The highest BCUT2D eigenvalue weighted by Gasteiger charge is 2.17. The minimum Gasteiger partial charge on any atom is -0.456 e. The van der Waals surface area contributed by atoms with Crippen LogP contribution in [0.3, 0.4) is 0 Å². The molecule has 0 amide bonds. The van der Waals surface area contributed by atoms with Gasteiger partial charge in [0.2, 0.25) is 0 Å². The number of nitrogens with zero attached hydrogens (tertiary/aromatic N) is 5. The second-order valence-corrected chi connectivity index (χ2v) is 13.4. The van der Waals surface area contributed by atoms with Gasteiger partial charge in [0.1, 0.15) is 17.5 Å². The Labute approximate surface area is 317 Å². The van der Waals surface area contributed by atoms with Crippen LogP contribution in [-0.4, -0.2) is 24.9 Å². The number of hydrogen-bond acceptors (Lipinski definition) is 6. The van der Waals surface area contributed by atoms with Crippen LogP contribution in [0.4, 0.5) is 0 Å². The quantitative estimate of drug-likeness (QED) is 0.164. The molecule has 0 unspecified atom stereocenters. The third-order valence-electron chi connectivity index (χ3n) is 9.96. The maximum atomic E-state index is 6.54. The van der Waals surface area contributed by atoms with E-state index in [1.165, 1.54) is 17.5 Å². The van der Waals surface area contributed by atoms with Crippen molar-refractivity contribution in [2.24, 2.45) is 0 Å². The fraction of sp³-hybridized carbons (Fsp3) is 0. The molecule has 0 aliphatic rings. The van der Waals surface area contributed by atoms with Crippen molar-refractivity contribution in [2.75, 3.05) is 0 Å². The summed E-state index contributed by atoms with van der Waals surface area (Å²) in [6.07, 6.45) is 5.14. The molecular formula is C49H31N5O. The van der Waals surface area contributed by atoms with Gasteiger partial charge in [-0.15, -0.1) is 0 Å². The Balaban J connectivity index is 1.07. The molecule has 0 N–H and O–H groups in total. The van der Waals surface area contributed by atoms with E-state index in [0.717, 1.165) is 72.0 Å². The van der Waals surface area contributed by atoms with Gasteiger partial charge >= 0.3 is 0 Å². The lowest BCUT2D eigenvalue weighted by molar-refractivity contribution is 0.669. The van der Waals surface area contributed by atoms with E-state index >= 15 is 0 Å². The molecule has 3 aromatic heterocycles. The number of hydrogen-bond donors (Lipinski definition) is 0. The van der Waals surface area contributed by atoms with Crippen molar-refractivity contribution in [3.05, 3.63) is 189 Å². The molecule has 0 aliphatic heterocycles. The summed E-state index contributed by atoms with van der Waals surface area (Å²) in [4.78, 5) is 23.5. The highest BCUT2D eigenvalue weighted by Crippen LogP contribution is 2.39. The van der Waals surface area contributed by atoms with Gasteiger partial charge in [0.15, 0.2) is 17.5 Å². The van der Waals surface area contributed by atoms with Gasteiger partial charge in [0.05, 0.1) is 0 Å². The van der Waals surface area contributed by atoms with Crippen LogP contribution in [-0.2, 0) is 0 Å². The Bertz CT molecular complexity index is 2940. The minimum absolute atomic E-state index is 0.560. The van der Waals surface area contributed by atoms with Crippen molar-refractivity contribution >= 4 is 21.9 Å². The molecule has 0 radical (unpaired) electrons. The first-order chi connectivity index (χ1) is 27.2. The zero-order valence-electron chi connectivity index (χ0n) is 29.5. The van der Waals surface area contributed by atoms with Crippen molar-refractivity contribution in [1.82, 2.24) is 24.9 Å². The lowest BCUT2D eigenvalue weighted by Gasteiger charge is -2.10.